The van der Waals surface area contributed by atoms with E-state index in [1.165, 1.54) is 6.92 Å². The third-order valence-electron chi connectivity index (χ3n) is 2.92. The van der Waals surface area contributed by atoms with Gasteiger partial charge in [-0.25, -0.2) is 0 Å². The van der Waals surface area contributed by atoms with E-state index in [2.05, 4.69) is 15.5 Å². The fourth-order valence-corrected chi connectivity index (χ4v) is 1.72. The average Bonchev–Trinajstić information content (AvgIpc) is 2.74. The molecule has 0 bridgehead atoms. The third-order valence-corrected chi connectivity index (χ3v) is 2.92. The van der Waals surface area contributed by atoms with Gasteiger partial charge < -0.3 is 14.6 Å². The summed E-state index contributed by atoms with van der Waals surface area (Å²) in [5.74, 6) is -0.209. The number of carbonyl (C=O) groups is 2. The fraction of sp³-hybridized carbons (Fsp3) is 0.733. The second-order valence-corrected chi connectivity index (χ2v) is 7.36. The van der Waals surface area contributed by atoms with Gasteiger partial charge >= 0.3 is 5.97 Å². The van der Waals surface area contributed by atoms with E-state index in [0.717, 1.165) is 0 Å². The van der Waals surface area contributed by atoms with Crippen molar-refractivity contribution in [2.24, 2.45) is 0 Å². The first-order valence-corrected chi connectivity index (χ1v) is 7.12. The molecule has 0 saturated heterocycles. The number of rotatable bonds is 4. The topological polar surface area (TPSA) is 94.3 Å². The Labute approximate surface area is 130 Å². The molecule has 0 aromatic carbocycles. The van der Waals surface area contributed by atoms with Crippen LogP contribution < -0.4 is 5.32 Å². The van der Waals surface area contributed by atoms with Crippen molar-refractivity contribution >= 4 is 11.9 Å². The predicted molar refractivity (Wildman–Crippen MR) is 80.0 cm³/mol. The van der Waals surface area contributed by atoms with Crippen molar-refractivity contribution in [1.29, 1.82) is 0 Å². The van der Waals surface area contributed by atoms with Gasteiger partial charge in [0, 0.05) is 6.92 Å². The van der Waals surface area contributed by atoms with E-state index in [9.17, 15) is 9.59 Å². The molecule has 124 valence electrons. The van der Waals surface area contributed by atoms with Gasteiger partial charge in [-0.15, -0.1) is 0 Å². The predicted octanol–water partition coefficient (Wildman–Crippen LogP) is 2.06. The Bertz CT molecular complexity index is 568. The third kappa shape index (κ3) is 4.29. The lowest BCUT2D eigenvalue weighted by Crippen LogP contribution is -2.41. The van der Waals surface area contributed by atoms with Gasteiger partial charge in [-0.3, -0.25) is 9.59 Å². The standard InChI is InChI=1S/C15H25N3O4/c1-9(19)17-15(7,8)10-16-11(22-18-10)14(5,6)12(20)21-13(2,3)4/h1-8H3,(H,17,19). The first-order chi connectivity index (χ1) is 9.75. The highest BCUT2D eigenvalue weighted by molar-refractivity contribution is 5.81. The molecule has 1 aromatic rings. The van der Waals surface area contributed by atoms with Gasteiger partial charge in [-0.1, -0.05) is 5.16 Å². The number of hydrogen-bond acceptors (Lipinski definition) is 6. The highest BCUT2D eigenvalue weighted by Gasteiger charge is 2.41. The molecule has 0 aliphatic heterocycles. The van der Waals surface area contributed by atoms with Crippen LogP contribution in [-0.2, 0) is 25.3 Å². The summed E-state index contributed by atoms with van der Waals surface area (Å²) in [5, 5.41) is 6.61. The zero-order valence-corrected chi connectivity index (χ0v) is 14.5. The quantitative estimate of drug-likeness (QED) is 0.855. The van der Waals surface area contributed by atoms with Gasteiger partial charge in [-0.2, -0.15) is 4.98 Å². The zero-order valence-electron chi connectivity index (χ0n) is 14.5. The molecule has 0 atom stereocenters. The summed E-state index contributed by atoms with van der Waals surface area (Å²) in [4.78, 5) is 27.8. The van der Waals surface area contributed by atoms with Crippen molar-refractivity contribution in [3.8, 4) is 0 Å². The molecule has 0 aliphatic carbocycles. The maximum absolute atomic E-state index is 12.3. The van der Waals surface area contributed by atoms with Crippen LogP contribution in [0.2, 0.25) is 0 Å². The van der Waals surface area contributed by atoms with Crippen LogP contribution in [0.25, 0.3) is 0 Å². The van der Waals surface area contributed by atoms with Crippen LogP contribution in [-0.4, -0.2) is 27.6 Å². The second kappa shape index (κ2) is 5.70. The van der Waals surface area contributed by atoms with Crippen LogP contribution >= 0.6 is 0 Å². The normalized spacial score (nSPS) is 12.9. The van der Waals surface area contributed by atoms with Crippen molar-refractivity contribution in [2.45, 2.75) is 71.9 Å². The lowest BCUT2D eigenvalue weighted by Gasteiger charge is -2.26. The number of esters is 1. The molecular formula is C15H25N3O4. The molecule has 0 radical (unpaired) electrons. The van der Waals surface area contributed by atoms with E-state index in [0.29, 0.717) is 5.82 Å². The number of ether oxygens (including phenoxy) is 1. The maximum atomic E-state index is 12.3. The monoisotopic (exact) mass is 311 g/mol. The largest absolute Gasteiger partial charge is 0.459 e. The minimum atomic E-state index is -1.08. The number of nitrogens with one attached hydrogen (secondary N) is 1. The van der Waals surface area contributed by atoms with Crippen LogP contribution in [0, 0.1) is 0 Å². The van der Waals surface area contributed by atoms with Gasteiger partial charge in [0.05, 0.1) is 5.54 Å². The SMILES string of the molecule is CC(=O)NC(C)(C)c1noc(C(C)(C)C(=O)OC(C)(C)C)n1. The molecule has 22 heavy (non-hydrogen) atoms. The Kier molecular flexibility index (Phi) is 4.70. The van der Waals surface area contributed by atoms with Gasteiger partial charge in [0.2, 0.25) is 11.8 Å². The molecule has 0 saturated carbocycles. The van der Waals surface area contributed by atoms with E-state index >= 15 is 0 Å². The minimum Gasteiger partial charge on any atom is -0.459 e. The van der Waals surface area contributed by atoms with Crippen molar-refractivity contribution in [1.82, 2.24) is 15.5 Å². The summed E-state index contributed by atoms with van der Waals surface area (Å²) in [6, 6.07) is 0. The van der Waals surface area contributed by atoms with Gasteiger partial charge in [0.25, 0.3) is 0 Å². The molecule has 1 heterocycles. The molecule has 1 rings (SSSR count). The Hall–Kier alpha value is -1.92. The number of nitrogens with zero attached hydrogens (tertiary/aromatic N) is 2. The number of aromatic nitrogens is 2. The number of carbonyl (C=O) groups excluding carboxylic acids is 2. The van der Waals surface area contributed by atoms with Gasteiger partial charge in [0.1, 0.15) is 11.0 Å². The van der Waals surface area contributed by atoms with Crippen LogP contribution in [0.4, 0.5) is 0 Å². The van der Waals surface area contributed by atoms with Crippen molar-refractivity contribution in [3.05, 3.63) is 11.7 Å². The van der Waals surface area contributed by atoms with E-state index in [1.807, 2.05) is 0 Å². The summed E-state index contributed by atoms with van der Waals surface area (Å²) in [6.07, 6.45) is 0. The van der Waals surface area contributed by atoms with E-state index in [1.54, 1.807) is 48.5 Å². The second-order valence-electron chi connectivity index (χ2n) is 7.36. The molecule has 0 unspecified atom stereocenters. The number of hydrogen-bond donors (Lipinski definition) is 1. The Balaban J connectivity index is 3.04. The molecule has 7 heteroatoms. The highest BCUT2D eigenvalue weighted by atomic mass is 16.6. The minimum absolute atomic E-state index is 0.148. The van der Waals surface area contributed by atoms with Crippen molar-refractivity contribution in [2.75, 3.05) is 0 Å². The molecular weight excluding hydrogens is 286 g/mol. The lowest BCUT2D eigenvalue weighted by molar-refractivity contribution is -0.161. The van der Waals surface area contributed by atoms with E-state index < -0.39 is 22.5 Å². The Morgan fingerprint density at radius 1 is 1.09 bits per heavy atom. The summed E-state index contributed by atoms with van der Waals surface area (Å²) >= 11 is 0. The molecule has 0 spiro atoms. The van der Waals surface area contributed by atoms with Crippen LogP contribution in [0.3, 0.4) is 0 Å². The molecule has 0 fully saturated rings. The summed E-state index contributed by atoms with van der Waals surface area (Å²) in [5.41, 5.74) is -2.48. The molecule has 1 amide bonds. The molecule has 0 aliphatic rings. The molecule has 1 aromatic heterocycles. The Morgan fingerprint density at radius 2 is 1.64 bits per heavy atom. The summed E-state index contributed by atoms with van der Waals surface area (Å²) in [7, 11) is 0. The highest BCUT2D eigenvalue weighted by Crippen LogP contribution is 2.27. The lowest BCUT2D eigenvalue weighted by atomic mass is 9.93. The first-order valence-electron chi connectivity index (χ1n) is 7.12. The first kappa shape index (κ1) is 18.1. The number of amides is 1. The van der Waals surface area contributed by atoms with Gasteiger partial charge in [0.15, 0.2) is 5.82 Å². The maximum Gasteiger partial charge on any atom is 0.321 e. The van der Waals surface area contributed by atoms with Crippen LogP contribution in [0.1, 0.15) is 67.1 Å². The van der Waals surface area contributed by atoms with E-state index in [-0.39, 0.29) is 11.8 Å². The molecule has 1 N–H and O–H groups in total. The van der Waals surface area contributed by atoms with E-state index in [4.69, 9.17) is 9.26 Å². The smallest absolute Gasteiger partial charge is 0.321 e. The average molecular weight is 311 g/mol. The van der Waals surface area contributed by atoms with Crippen molar-refractivity contribution < 1.29 is 18.8 Å². The molecule has 7 nitrogen and oxygen atoms in total. The zero-order chi connectivity index (χ0) is 17.3. The fourth-order valence-electron chi connectivity index (χ4n) is 1.72. The van der Waals surface area contributed by atoms with Crippen LogP contribution in [0.5, 0.6) is 0 Å². The van der Waals surface area contributed by atoms with Crippen LogP contribution in [0.15, 0.2) is 4.52 Å². The summed E-state index contributed by atoms with van der Waals surface area (Å²) in [6.45, 7) is 13.6. The summed E-state index contributed by atoms with van der Waals surface area (Å²) < 4.78 is 10.6. The Morgan fingerprint density at radius 3 is 2.09 bits per heavy atom. The van der Waals surface area contributed by atoms with Crippen molar-refractivity contribution in [3.63, 3.8) is 0 Å². The van der Waals surface area contributed by atoms with Gasteiger partial charge in [-0.05, 0) is 48.5 Å².